The van der Waals surface area contributed by atoms with Crippen molar-refractivity contribution in [1.82, 2.24) is 5.32 Å². The first-order chi connectivity index (χ1) is 13.2. The van der Waals surface area contributed by atoms with Gasteiger partial charge < -0.3 is 10.1 Å². The Bertz CT molecular complexity index is 785. The minimum atomic E-state index is -0.541. The minimum Gasteiger partial charge on any atom is -0.444 e. The number of halogens is 1. The molecule has 1 aromatic heterocycles. The molecule has 8 heteroatoms. The second-order valence-corrected chi connectivity index (χ2v) is 10.8. The average molecular weight is 485 g/mol. The van der Waals surface area contributed by atoms with Gasteiger partial charge in [0.25, 0.3) is 0 Å². The topological polar surface area (TPSA) is 67.4 Å². The Balaban J connectivity index is 1.65. The Hall–Kier alpha value is -1.51. The van der Waals surface area contributed by atoms with Crippen molar-refractivity contribution < 1.29 is 14.3 Å². The quantitative estimate of drug-likeness (QED) is 0.488. The summed E-state index contributed by atoms with van der Waals surface area (Å²) in [5.41, 5.74) is 0.986. The number of carbonyl (C=O) groups is 2. The normalized spacial score (nSPS) is 11.1. The zero-order chi connectivity index (χ0) is 20.6. The maximum absolute atomic E-state index is 12.1. The van der Waals surface area contributed by atoms with Crippen LogP contribution < -0.4 is 10.6 Å². The van der Waals surface area contributed by atoms with Gasteiger partial charge in [-0.3, -0.25) is 10.1 Å². The number of ether oxygens (including phenoxy) is 1. The second kappa shape index (κ2) is 10.9. The lowest BCUT2D eigenvalue weighted by molar-refractivity contribution is -0.120. The van der Waals surface area contributed by atoms with Gasteiger partial charge in [0, 0.05) is 28.6 Å². The molecule has 2 rings (SSSR count). The number of benzene rings is 1. The van der Waals surface area contributed by atoms with Crippen LogP contribution in [0.4, 0.5) is 10.5 Å². The third-order valence-corrected chi connectivity index (χ3v) is 6.22. The summed E-state index contributed by atoms with van der Waals surface area (Å²) in [6.45, 7) is 6.09. The van der Waals surface area contributed by atoms with Crippen molar-refractivity contribution in [2.45, 2.75) is 38.5 Å². The van der Waals surface area contributed by atoms with E-state index in [1.807, 2.05) is 32.9 Å². The van der Waals surface area contributed by atoms with Gasteiger partial charge in [0.05, 0.1) is 10.2 Å². The van der Waals surface area contributed by atoms with E-state index < -0.39 is 11.7 Å². The molecule has 0 radical (unpaired) electrons. The highest BCUT2D eigenvalue weighted by atomic mass is 79.9. The van der Waals surface area contributed by atoms with Gasteiger partial charge in [0.2, 0.25) is 5.91 Å². The molecule has 2 aromatic rings. The summed E-state index contributed by atoms with van der Waals surface area (Å²) in [6.07, 6.45) is -0.180. The standard InChI is InChI=1S/C20H25BrN2O3S2/c1-20(2,3)26-19(25)23-15-6-4-14(5-7-15)12-18(24)22-10-11-27-13-16-8-9-17(21)28-16/h4-9H,10-13H2,1-3H3,(H,22,24)(H,23,25). The Morgan fingerprint density at radius 1 is 1.14 bits per heavy atom. The Labute approximate surface area is 182 Å². The van der Waals surface area contributed by atoms with E-state index in [0.717, 1.165) is 20.9 Å². The highest BCUT2D eigenvalue weighted by molar-refractivity contribution is 9.11. The smallest absolute Gasteiger partial charge is 0.412 e. The van der Waals surface area contributed by atoms with Gasteiger partial charge in [-0.1, -0.05) is 12.1 Å². The van der Waals surface area contributed by atoms with Gasteiger partial charge in [-0.15, -0.1) is 11.3 Å². The third kappa shape index (κ3) is 9.12. The molecule has 1 aromatic carbocycles. The maximum Gasteiger partial charge on any atom is 0.412 e. The van der Waals surface area contributed by atoms with Crippen LogP contribution in [0.2, 0.25) is 0 Å². The molecular weight excluding hydrogens is 460 g/mol. The van der Waals surface area contributed by atoms with E-state index in [1.54, 1.807) is 35.2 Å². The van der Waals surface area contributed by atoms with Crippen LogP contribution in [0.15, 0.2) is 40.2 Å². The molecule has 0 aliphatic carbocycles. The fourth-order valence-electron chi connectivity index (χ4n) is 2.24. The van der Waals surface area contributed by atoms with Crippen LogP contribution in [0.3, 0.4) is 0 Å². The summed E-state index contributed by atoms with van der Waals surface area (Å²) >= 11 is 7.00. The van der Waals surface area contributed by atoms with E-state index >= 15 is 0 Å². The van der Waals surface area contributed by atoms with Crippen LogP contribution >= 0.6 is 39.0 Å². The second-order valence-electron chi connectivity index (χ2n) is 7.11. The maximum atomic E-state index is 12.1. The molecule has 2 N–H and O–H groups in total. The summed E-state index contributed by atoms with van der Waals surface area (Å²) in [6, 6.07) is 11.4. The lowest BCUT2D eigenvalue weighted by atomic mass is 10.1. The number of hydrogen-bond donors (Lipinski definition) is 2. The number of amides is 2. The van der Waals surface area contributed by atoms with Gasteiger partial charge >= 0.3 is 6.09 Å². The monoisotopic (exact) mass is 484 g/mol. The first-order valence-corrected chi connectivity index (χ1v) is 11.7. The van der Waals surface area contributed by atoms with Crippen molar-refractivity contribution in [3.63, 3.8) is 0 Å². The number of carbonyl (C=O) groups excluding carboxylic acids is 2. The van der Waals surface area contributed by atoms with Crippen molar-refractivity contribution in [2.75, 3.05) is 17.6 Å². The Morgan fingerprint density at radius 3 is 2.46 bits per heavy atom. The summed E-state index contributed by atoms with van der Waals surface area (Å²) in [4.78, 5) is 25.1. The molecule has 0 atom stereocenters. The zero-order valence-corrected chi connectivity index (χ0v) is 19.4. The highest BCUT2D eigenvalue weighted by Crippen LogP contribution is 2.25. The number of nitrogens with one attached hydrogen (secondary N) is 2. The number of thioether (sulfide) groups is 1. The van der Waals surface area contributed by atoms with Gasteiger partial charge in [0.1, 0.15) is 5.60 Å². The van der Waals surface area contributed by atoms with Crippen LogP contribution in [-0.2, 0) is 21.7 Å². The molecule has 0 unspecified atom stereocenters. The van der Waals surface area contributed by atoms with Crippen molar-refractivity contribution in [1.29, 1.82) is 0 Å². The molecular formula is C20H25BrN2O3S2. The van der Waals surface area contributed by atoms with Crippen LogP contribution in [0, 0.1) is 0 Å². The van der Waals surface area contributed by atoms with Gasteiger partial charge in [-0.05, 0) is 66.5 Å². The van der Waals surface area contributed by atoms with Crippen LogP contribution in [0.1, 0.15) is 31.2 Å². The number of rotatable bonds is 8. The molecule has 0 fully saturated rings. The van der Waals surface area contributed by atoms with E-state index in [4.69, 9.17) is 4.74 Å². The number of anilines is 1. The summed E-state index contributed by atoms with van der Waals surface area (Å²) in [7, 11) is 0. The molecule has 0 aliphatic heterocycles. The summed E-state index contributed by atoms with van der Waals surface area (Å²) in [5, 5.41) is 5.62. The molecule has 152 valence electrons. The average Bonchev–Trinajstić information content (AvgIpc) is 3.00. The van der Waals surface area contributed by atoms with E-state index in [9.17, 15) is 9.59 Å². The zero-order valence-electron chi connectivity index (χ0n) is 16.2. The van der Waals surface area contributed by atoms with Crippen molar-refractivity contribution in [2.24, 2.45) is 0 Å². The van der Waals surface area contributed by atoms with Crippen LogP contribution in [-0.4, -0.2) is 29.9 Å². The van der Waals surface area contributed by atoms with Crippen molar-refractivity contribution in [3.05, 3.63) is 50.6 Å². The van der Waals surface area contributed by atoms with E-state index in [1.165, 1.54) is 4.88 Å². The van der Waals surface area contributed by atoms with Crippen LogP contribution in [0.5, 0.6) is 0 Å². The van der Waals surface area contributed by atoms with E-state index in [2.05, 4.69) is 38.7 Å². The summed E-state index contributed by atoms with van der Waals surface area (Å²) in [5.74, 6) is 1.82. The van der Waals surface area contributed by atoms with Crippen LogP contribution in [0.25, 0.3) is 0 Å². The fraction of sp³-hybridized carbons (Fsp3) is 0.400. The first-order valence-electron chi connectivity index (χ1n) is 8.89. The molecule has 2 amide bonds. The largest absolute Gasteiger partial charge is 0.444 e. The highest BCUT2D eigenvalue weighted by Gasteiger charge is 2.16. The molecule has 1 heterocycles. The third-order valence-electron chi connectivity index (χ3n) is 3.41. The van der Waals surface area contributed by atoms with Gasteiger partial charge in [-0.25, -0.2) is 4.79 Å². The van der Waals surface area contributed by atoms with E-state index in [-0.39, 0.29) is 5.91 Å². The lowest BCUT2D eigenvalue weighted by Gasteiger charge is -2.19. The Morgan fingerprint density at radius 2 is 1.86 bits per heavy atom. The predicted octanol–water partition coefficient (Wildman–Crippen LogP) is 5.45. The van der Waals surface area contributed by atoms with E-state index in [0.29, 0.717) is 18.7 Å². The first kappa shape index (κ1) is 22.8. The fourth-order valence-corrected chi connectivity index (χ4v) is 4.69. The molecule has 0 saturated heterocycles. The van der Waals surface area contributed by atoms with Gasteiger partial charge in [-0.2, -0.15) is 11.8 Å². The van der Waals surface area contributed by atoms with Crippen molar-refractivity contribution >= 4 is 56.7 Å². The Kier molecular flexibility index (Phi) is 8.85. The molecule has 0 bridgehead atoms. The molecule has 0 saturated carbocycles. The SMILES string of the molecule is CC(C)(C)OC(=O)Nc1ccc(CC(=O)NCCSCc2ccc(Br)s2)cc1. The molecule has 0 spiro atoms. The summed E-state index contributed by atoms with van der Waals surface area (Å²) < 4.78 is 6.35. The predicted molar refractivity (Wildman–Crippen MR) is 121 cm³/mol. The van der Waals surface area contributed by atoms with Gasteiger partial charge in [0.15, 0.2) is 0 Å². The van der Waals surface area contributed by atoms with Crippen molar-refractivity contribution in [3.8, 4) is 0 Å². The number of thiophene rings is 1. The lowest BCUT2D eigenvalue weighted by Crippen LogP contribution is -2.27. The molecule has 0 aliphatic rings. The number of hydrogen-bond acceptors (Lipinski definition) is 5. The molecule has 28 heavy (non-hydrogen) atoms. The minimum absolute atomic E-state index is 0.00711. The molecule has 5 nitrogen and oxygen atoms in total.